The zero-order valence-electron chi connectivity index (χ0n) is 10.7. The average molecular weight is 262 g/mol. The molecule has 0 saturated heterocycles. The van der Waals surface area contributed by atoms with Crippen LogP contribution in [0.3, 0.4) is 0 Å². The Balaban J connectivity index is 2.37. The van der Waals surface area contributed by atoms with Crippen LogP contribution in [0.1, 0.15) is 24.2 Å². The molecule has 2 N–H and O–H groups in total. The second-order valence-electron chi connectivity index (χ2n) is 4.35. The monoisotopic (exact) mass is 262 g/mol. The van der Waals surface area contributed by atoms with E-state index in [1.54, 1.807) is 13.0 Å². The zero-order valence-corrected chi connectivity index (χ0v) is 10.7. The van der Waals surface area contributed by atoms with Crippen molar-refractivity contribution in [3.05, 3.63) is 39.7 Å². The van der Waals surface area contributed by atoms with Gasteiger partial charge in [0.2, 0.25) is 0 Å². The van der Waals surface area contributed by atoms with Gasteiger partial charge in [0.1, 0.15) is 0 Å². The number of nitrogens with two attached hydrogens (primary N) is 1. The molecule has 0 fully saturated rings. The van der Waals surface area contributed by atoms with Crippen molar-refractivity contribution in [1.82, 2.24) is 10.1 Å². The minimum absolute atomic E-state index is 0.0101. The molecular weight excluding hydrogens is 248 g/mol. The third-order valence-electron chi connectivity index (χ3n) is 2.89. The number of nitro benzene ring substituents is 1. The third kappa shape index (κ3) is 2.60. The van der Waals surface area contributed by atoms with Gasteiger partial charge in [-0.15, -0.1) is 0 Å². The summed E-state index contributed by atoms with van der Waals surface area (Å²) in [6.07, 6.45) is 0. The van der Waals surface area contributed by atoms with E-state index < -0.39 is 4.92 Å². The molecule has 2 aromatic rings. The first-order chi connectivity index (χ1) is 9.02. The normalized spacial score (nSPS) is 12.4. The number of benzene rings is 1. The molecule has 0 aliphatic rings. The van der Waals surface area contributed by atoms with Gasteiger partial charge >= 0.3 is 0 Å². The fraction of sp³-hybridized carbons (Fsp3) is 0.333. The summed E-state index contributed by atoms with van der Waals surface area (Å²) < 4.78 is 5.17. The van der Waals surface area contributed by atoms with Crippen LogP contribution in [-0.4, -0.2) is 21.6 Å². The number of hydrogen-bond donors (Lipinski definition) is 1. The van der Waals surface area contributed by atoms with Crippen LogP contribution < -0.4 is 5.73 Å². The second kappa shape index (κ2) is 5.15. The number of nitro groups is 1. The first kappa shape index (κ1) is 13.2. The number of aromatic nitrogens is 2. The molecule has 1 unspecified atom stereocenters. The summed E-state index contributed by atoms with van der Waals surface area (Å²) in [4.78, 5) is 14.5. The molecule has 0 bridgehead atoms. The molecule has 0 spiro atoms. The molecule has 1 aromatic carbocycles. The van der Waals surface area contributed by atoms with Gasteiger partial charge in [-0.2, -0.15) is 4.98 Å². The highest BCUT2D eigenvalue weighted by Gasteiger charge is 2.16. The van der Waals surface area contributed by atoms with Crippen molar-refractivity contribution in [1.29, 1.82) is 0 Å². The second-order valence-corrected chi connectivity index (χ2v) is 4.35. The molecule has 1 aromatic heterocycles. The average Bonchev–Trinajstić information content (AvgIpc) is 2.87. The van der Waals surface area contributed by atoms with Gasteiger partial charge in [0.25, 0.3) is 11.6 Å². The smallest absolute Gasteiger partial charge is 0.269 e. The lowest BCUT2D eigenvalue weighted by atomic mass is 10.1. The Labute approximate surface area is 109 Å². The minimum atomic E-state index is -0.438. The van der Waals surface area contributed by atoms with Gasteiger partial charge in [0.05, 0.1) is 4.92 Å². The Morgan fingerprint density at radius 2 is 2.26 bits per heavy atom. The summed E-state index contributed by atoms with van der Waals surface area (Å²) in [5.41, 5.74) is 6.98. The van der Waals surface area contributed by atoms with Crippen LogP contribution in [-0.2, 0) is 0 Å². The first-order valence-corrected chi connectivity index (χ1v) is 5.82. The molecule has 0 aliphatic heterocycles. The van der Waals surface area contributed by atoms with E-state index in [-0.39, 0.29) is 11.6 Å². The maximum Gasteiger partial charge on any atom is 0.269 e. The van der Waals surface area contributed by atoms with Gasteiger partial charge in [0, 0.05) is 30.2 Å². The highest BCUT2D eigenvalue weighted by molar-refractivity contribution is 5.61. The lowest BCUT2D eigenvalue weighted by Crippen LogP contribution is -2.10. The predicted molar refractivity (Wildman–Crippen MR) is 68.6 cm³/mol. The number of hydrogen-bond acceptors (Lipinski definition) is 6. The standard InChI is InChI=1S/C12H14N4O3/c1-7-5-9(16(17)18)3-4-10(7)12-14-11(15-19-12)8(2)6-13/h3-5,8H,6,13H2,1-2H3. The van der Waals surface area contributed by atoms with Gasteiger partial charge in [-0.1, -0.05) is 12.1 Å². The van der Waals surface area contributed by atoms with Crippen molar-refractivity contribution in [3.8, 4) is 11.5 Å². The predicted octanol–water partition coefficient (Wildman–Crippen LogP) is 2.02. The number of nitrogens with zero attached hydrogens (tertiary/aromatic N) is 3. The summed E-state index contributed by atoms with van der Waals surface area (Å²) in [5, 5.41) is 14.5. The first-order valence-electron chi connectivity index (χ1n) is 5.82. The summed E-state index contributed by atoms with van der Waals surface area (Å²) in [7, 11) is 0. The lowest BCUT2D eigenvalue weighted by Gasteiger charge is -2.01. The van der Waals surface area contributed by atoms with E-state index in [1.807, 2.05) is 6.92 Å². The number of non-ortho nitro benzene ring substituents is 1. The van der Waals surface area contributed by atoms with E-state index in [9.17, 15) is 10.1 Å². The fourth-order valence-corrected chi connectivity index (χ4v) is 1.65. The molecule has 1 heterocycles. The Bertz CT molecular complexity index is 609. The highest BCUT2D eigenvalue weighted by Crippen LogP contribution is 2.26. The molecule has 0 saturated carbocycles. The van der Waals surface area contributed by atoms with Crippen LogP contribution in [0.4, 0.5) is 5.69 Å². The Kier molecular flexibility index (Phi) is 3.57. The van der Waals surface area contributed by atoms with Crippen molar-refractivity contribution in [2.75, 3.05) is 6.54 Å². The lowest BCUT2D eigenvalue weighted by molar-refractivity contribution is -0.384. The third-order valence-corrected chi connectivity index (χ3v) is 2.89. The van der Waals surface area contributed by atoms with Crippen molar-refractivity contribution in [2.24, 2.45) is 5.73 Å². The Morgan fingerprint density at radius 3 is 2.84 bits per heavy atom. The van der Waals surface area contributed by atoms with Gasteiger partial charge in [0.15, 0.2) is 5.82 Å². The minimum Gasteiger partial charge on any atom is -0.334 e. The molecule has 0 amide bonds. The van der Waals surface area contributed by atoms with E-state index in [1.165, 1.54) is 12.1 Å². The summed E-state index contributed by atoms with van der Waals surface area (Å²) in [6, 6.07) is 4.50. The van der Waals surface area contributed by atoms with Crippen molar-refractivity contribution in [3.63, 3.8) is 0 Å². The van der Waals surface area contributed by atoms with Crippen LogP contribution in [0.2, 0.25) is 0 Å². The van der Waals surface area contributed by atoms with Crippen LogP contribution in [0.5, 0.6) is 0 Å². The van der Waals surface area contributed by atoms with Gasteiger partial charge in [-0.05, 0) is 18.6 Å². The maximum atomic E-state index is 10.7. The summed E-state index contributed by atoms with van der Waals surface area (Å²) in [6.45, 7) is 4.09. The molecule has 1 atom stereocenters. The van der Waals surface area contributed by atoms with Gasteiger partial charge in [-0.3, -0.25) is 10.1 Å². The largest absolute Gasteiger partial charge is 0.334 e. The maximum absolute atomic E-state index is 10.7. The molecule has 2 rings (SSSR count). The van der Waals surface area contributed by atoms with Crippen molar-refractivity contribution in [2.45, 2.75) is 19.8 Å². The molecule has 100 valence electrons. The fourth-order valence-electron chi connectivity index (χ4n) is 1.65. The van der Waals surface area contributed by atoms with Gasteiger partial charge < -0.3 is 10.3 Å². The molecule has 0 radical (unpaired) electrons. The summed E-state index contributed by atoms with van der Waals surface area (Å²) in [5.74, 6) is 0.897. The number of rotatable bonds is 4. The van der Waals surface area contributed by atoms with Crippen LogP contribution >= 0.6 is 0 Å². The molecule has 0 aliphatic carbocycles. The topological polar surface area (TPSA) is 108 Å². The molecule has 7 nitrogen and oxygen atoms in total. The quantitative estimate of drug-likeness (QED) is 0.667. The highest BCUT2D eigenvalue weighted by atomic mass is 16.6. The summed E-state index contributed by atoms with van der Waals surface area (Å²) >= 11 is 0. The molecule has 19 heavy (non-hydrogen) atoms. The zero-order chi connectivity index (χ0) is 14.0. The molecular formula is C12H14N4O3. The number of aryl methyl sites for hydroxylation is 1. The van der Waals surface area contributed by atoms with Crippen molar-refractivity contribution >= 4 is 5.69 Å². The van der Waals surface area contributed by atoms with E-state index in [0.29, 0.717) is 29.4 Å². The van der Waals surface area contributed by atoms with Crippen LogP contribution in [0, 0.1) is 17.0 Å². The Morgan fingerprint density at radius 1 is 1.53 bits per heavy atom. The van der Waals surface area contributed by atoms with E-state index in [2.05, 4.69) is 10.1 Å². The van der Waals surface area contributed by atoms with Crippen molar-refractivity contribution < 1.29 is 9.45 Å². The molecule has 7 heteroatoms. The SMILES string of the molecule is Cc1cc([N+](=O)[O-])ccc1-c1nc(C(C)CN)no1. The van der Waals surface area contributed by atoms with E-state index in [0.717, 1.165) is 0 Å². The van der Waals surface area contributed by atoms with E-state index in [4.69, 9.17) is 10.3 Å². The van der Waals surface area contributed by atoms with Gasteiger partial charge in [-0.25, -0.2) is 0 Å². The Hall–Kier alpha value is -2.28. The van der Waals surface area contributed by atoms with E-state index >= 15 is 0 Å². The van der Waals surface area contributed by atoms with Crippen LogP contribution in [0.15, 0.2) is 22.7 Å². The van der Waals surface area contributed by atoms with Crippen LogP contribution in [0.25, 0.3) is 11.5 Å².